The van der Waals surface area contributed by atoms with Gasteiger partial charge in [0.15, 0.2) is 5.76 Å². The second-order valence-electron chi connectivity index (χ2n) is 7.83. The van der Waals surface area contributed by atoms with Gasteiger partial charge in [-0.05, 0) is 29.8 Å². The Morgan fingerprint density at radius 2 is 1.83 bits per heavy atom. The molecule has 0 saturated heterocycles. The van der Waals surface area contributed by atoms with Crippen LogP contribution in [0.3, 0.4) is 0 Å². The number of hydrogen-bond acceptors (Lipinski definition) is 3. The number of rotatable bonds is 6. The average Bonchev–Trinajstić information content (AvgIpc) is 3.29. The summed E-state index contributed by atoms with van der Waals surface area (Å²) in [6.45, 7) is 2.58. The van der Waals surface area contributed by atoms with Crippen LogP contribution < -0.4 is 15.1 Å². The van der Waals surface area contributed by atoms with Crippen LogP contribution in [0.2, 0.25) is 0 Å². The highest BCUT2D eigenvalue weighted by atomic mass is 16.3. The molecule has 4 rings (SSSR count). The fourth-order valence-corrected chi connectivity index (χ4v) is 4.09. The van der Waals surface area contributed by atoms with Crippen LogP contribution in [-0.4, -0.2) is 33.1 Å². The SMILES string of the molecule is CN(C)c1ccc([C@H](CNC(=O)c2ccco2)[NH+]2CCc3ccccc3C2)cc1. The molecule has 1 aliphatic rings. The Hall–Kier alpha value is -3.05. The zero-order chi connectivity index (χ0) is 20.2. The lowest BCUT2D eigenvalue weighted by Gasteiger charge is -2.33. The number of carbonyl (C=O) groups excluding carboxylic acids is 1. The lowest BCUT2D eigenvalue weighted by Crippen LogP contribution is -3.12. The lowest BCUT2D eigenvalue weighted by atomic mass is 9.96. The zero-order valence-electron chi connectivity index (χ0n) is 17.0. The third-order valence-corrected chi connectivity index (χ3v) is 5.77. The molecule has 2 heterocycles. The molecule has 2 aromatic carbocycles. The van der Waals surface area contributed by atoms with Gasteiger partial charge < -0.3 is 19.5 Å². The largest absolute Gasteiger partial charge is 0.459 e. The highest BCUT2D eigenvalue weighted by Crippen LogP contribution is 2.18. The molecular weight excluding hydrogens is 362 g/mol. The maximum Gasteiger partial charge on any atom is 0.287 e. The Balaban J connectivity index is 1.56. The van der Waals surface area contributed by atoms with Crippen LogP contribution in [0.1, 0.15) is 33.3 Å². The number of quaternary nitrogens is 1. The summed E-state index contributed by atoms with van der Waals surface area (Å²) < 4.78 is 5.24. The molecule has 1 unspecified atom stereocenters. The van der Waals surface area contributed by atoms with Crippen LogP contribution in [0.4, 0.5) is 5.69 Å². The molecule has 2 atom stereocenters. The maximum atomic E-state index is 12.4. The Kier molecular flexibility index (Phi) is 5.67. The van der Waals surface area contributed by atoms with E-state index in [0.717, 1.165) is 19.5 Å². The van der Waals surface area contributed by atoms with E-state index in [4.69, 9.17) is 4.42 Å². The fourth-order valence-electron chi connectivity index (χ4n) is 4.09. The van der Waals surface area contributed by atoms with Crippen molar-refractivity contribution in [3.63, 3.8) is 0 Å². The molecule has 0 spiro atoms. The van der Waals surface area contributed by atoms with Gasteiger partial charge in [-0.3, -0.25) is 4.79 Å². The normalized spacial score (nSPS) is 16.7. The number of furan rings is 1. The average molecular weight is 391 g/mol. The molecule has 3 aromatic rings. The van der Waals surface area contributed by atoms with Crippen molar-refractivity contribution < 1.29 is 14.1 Å². The van der Waals surface area contributed by atoms with Crippen LogP contribution >= 0.6 is 0 Å². The summed E-state index contributed by atoms with van der Waals surface area (Å²) in [7, 11) is 4.09. The van der Waals surface area contributed by atoms with E-state index in [2.05, 4.69) is 58.7 Å². The Morgan fingerprint density at radius 3 is 2.52 bits per heavy atom. The molecule has 2 N–H and O–H groups in total. The van der Waals surface area contributed by atoms with E-state index >= 15 is 0 Å². The number of amides is 1. The van der Waals surface area contributed by atoms with E-state index in [-0.39, 0.29) is 11.9 Å². The Labute approximate surface area is 171 Å². The zero-order valence-corrected chi connectivity index (χ0v) is 17.0. The second kappa shape index (κ2) is 8.53. The van der Waals surface area contributed by atoms with Crippen molar-refractivity contribution in [1.29, 1.82) is 0 Å². The molecule has 0 aliphatic carbocycles. The number of nitrogens with one attached hydrogen (secondary N) is 2. The molecule has 0 radical (unpaired) electrons. The first-order valence-electron chi connectivity index (χ1n) is 10.1. The molecule has 0 saturated carbocycles. The molecule has 29 heavy (non-hydrogen) atoms. The molecule has 1 amide bonds. The number of anilines is 1. The maximum absolute atomic E-state index is 12.4. The Bertz CT molecular complexity index is 949. The van der Waals surface area contributed by atoms with Gasteiger partial charge in [0.25, 0.3) is 5.91 Å². The molecule has 0 bridgehead atoms. The quantitative estimate of drug-likeness (QED) is 0.680. The van der Waals surface area contributed by atoms with Crippen LogP contribution in [0.5, 0.6) is 0 Å². The van der Waals surface area contributed by atoms with E-state index in [1.807, 2.05) is 14.1 Å². The number of hydrogen-bond donors (Lipinski definition) is 2. The standard InChI is InChI=1S/C24H27N3O2/c1-26(2)21-11-9-19(10-12-21)22(16-25-24(28)23-8-5-15-29-23)27-14-13-18-6-3-4-7-20(18)17-27/h3-12,15,22H,13-14,16-17H2,1-2H3,(H,25,28)/p+1/t22-/m0/s1. The molecule has 5 nitrogen and oxygen atoms in total. The van der Waals surface area contributed by atoms with Gasteiger partial charge in [-0.15, -0.1) is 0 Å². The van der Waals surface area contributed by atoms with Gasteiger partial charge in [-0.2, -0.15) is 0 Å². The predicted octanol–water partition coefficient (Wildman–Crippen LogP) is 2.46. The van der Waals surface area contributed by atoms with Gasteiger partial charge >= 0.3 is 0 Å². The molecule has 0 fully saturated rings. The van der Waals surface area contributed by atoms with Crippen LogP contribution in [0, 0.1) is 0 Å². The number of carbonyl (C=O) groups is 1. The first-order chi connectivity index (χ1) is 14.1. The summed E-state index contributed by atoms with van der Waals surface area (Å²) in [6.07, 6.45) is 2.59. The number of fused-ring (bicyclic) bond motifs is 1. The summed E-state index contributed by atoms with van der Waals surface area (Å²) in [5, 5.41) is 3.08. The van der Waals surface area contributed by atoms with E-state index in [1.54, 1.807) is 12.1 Å². The number of nitrogens with zero attached hydrogens (tertiary/aromatic N) is 1. The summed E-state index contributed by atoms with van der Waals surface area (Å²) in [5.41, 5.74) is 5.26. The van der Waals surface area contributed by atoms with Gasteiger partial charge in [0.1, 0.15) is 12.6 Å². The summed E-state index contributed by atoms with van der Waals surface area (Å²) >= 11 is 0. The molecule has 1 aromatic heterocycles. The van der Waals surface area contributed by atoms with Crippen LogP contribution in [0.25, 0.3) is 0 Å². The van der Waals surface area contributed by atoms with Gasteiger partial charge in [0.2, 0.25) is 0 Å². The van der Waals surface area contributed by atoms with Crippen molar-refractivity contribution >= 4 is 11.6 Å². The monoisotopic (exact) mass is 390 g/mol. The fraction of sp³-hybridized carbons (Fsp3) is 0.292. The van der Waals surface area contributed by atoms with Crippen molar-refractivity contribution in [2.45, 2.75) is 19.0 Å². The number of benzene rings is 2. The third-order valence-electron chi connectivity index (χ3n) is 5.77. The van der Waals surface area contributed by atoms with E-state index in [9.17, 15) is 4.79 Å². The lowest BCUT2D eigenvalue weighted by molar-refractivity contribution is -0.945. The van der Waals surface area contributed by atoms with Gasteiger partial charge in [0.05, 0.1) is 19.4 Å². The predicted molar refractivity (Wildman–Crippen MR) is 114 cm³/mol. The van der Waals surface area contributed by atoms with Gasteiger partial charge in [0, 0.05) is 37.3 Å². The Morgan fingerprint density at radius 1 is 1.07 bits per heavy atom. The van der Waals surface area contributed by atoms with E-state index < -0.39 is 0 Å². The minimum atomic E-state index is -0.165. The highest BCUT2D eigenvalue weighted by Gasteiger charge is 2.29. The second-order valence-corrected chi connectivity index (χ2v) is 7.83. The highest BCUT2D eigenvalue weighted by molar-refractivity contribution is 5.91. The van der Waals surface area contributed by atoms with E-state index in [0.29, 0.717) is 12.3 Å². The smallest absolute Gasteiger partial charge is 0.287 e. The first kappa shape index (κ1) is 19.3. The van der Waals surface area contributed by atoms with Crippen LogP contribution in [0.15, 0.2) is 71.3 Å². The molecule has 150 valence electrons. The molecular formula is C24H28N3O2+. The van der Waals surface area contributed by atoms with Crippen molar-refractivity contribution in [2.24, 2.45) is 0 Å². The van der Waals surface area contributed by atoms with Crippen molar-refractivity contribution in [2.75, 3.05) is 32.1 Å². The summed E-state index contributed by atoms with van der Waals surface area (Å²) in [4.78, 5) is 16.0. The minimum Gasteiger partial charge on any atom is -0.459 e. The summed E-state index contributed by atoms with van der Waals surface area (Å²) in [6, 6.07) is 21.0. The van der Waals surface area contributed by atoms with Gasteiger partial charge in [-0.1, -0.05) is 36.4 Å². The minimum absolute atomic E-state index is 0.165. The topological polar surface area (TPSA) is 49.9 Å². The van der Waals surface area contributed by atoms with Crippen molar-refractivity contribution in [3.05, 3.63) is 89.4 Å². The van der Waals surface area contributed by atoms with Crippen molar-refractivity contribution in [3.8, 4) is 0 Å². The van der Waals surface area contributed by atoms with E-state index in [1.165, 1.54) is 33.5 Å². The van der Waals surface area contributed by atoms with Crippen LogP contribution in [-0.2, 0) is 13.0 Å². The first-order valence-corrected chi connectivity index (χ1v) is 10.1. The third kappa shape index (κ3) is 4.35. The van der Waals surface area contributed by atoms with Crippen molar-refractivity contribution in [1.82, 2.24) is 5.32 Å². The molecule has 1 aliphatic heterocycles. The molecule has 5 heteroatoms. The summed E-state index contributed by atoms with van der Waals surface area (Å²) in [5.74, 6) is 0.187. The van der Waals surface area contributed by atoms with Gasteiger partial charge in [-0.25, -0.2) is 0 Å².